The molecule has 0 fully saturated rings. The van der Waals surface area contributed by atoms with Gasteiger partial charge in [0, 0.05) is 46.9 Å². The van der Waals surface area contributed by atoms with E-state index in [-0.39, 0.29) is 52.3 Å². The first kappa shape index (κ1) is 56.2. The first-order chi connectivity index (χ1) is 36.7. The molecule has 0 aliphatic heterocycles. The van der Waals surface area contributed by atoms with Crippen molar-refractivity contribution < 1.29 is 28.8 Å². The van der Waals surface area contributed by atoms with Crippen LogP contribution in [0.1, 0.15) is 150 Å². The number of fused-ring (bicyclic) bond motifs is 8. The van der Waals surface area contributed by atoms with Gasteiger partial charge in [0.1, 0.15) is 35.7 Å². The highest BCUT2D eigenvalue weighted by atomic mass is 31.2. The molecule has 0 spiro atoms. The SMILES string of the molecule is CC(C)(C)c1cc2c(O)c(c1)Cc1cc(C(C)(C)C)cc(c1OCP(=O)(c1ccccc1)c1ccccc1)Cc1cc(C(C)(C)C)cc(c1OCP(=O)(c1ccccc1)c1ccccc1)Cc1cc(C(C)(C)C)cc(c1O)C2. The van der Waals surface area contributed by atoms with E-state index in [9.17, 15) is 10.2 Å². The summed E-state index contributed by atoms with van der Waals surface area (Å²) in [5, 5.41) is 28.3. The molecule has 1 aliphatic carbocycles. The summed E-state index contributed by atoms with van der Waals surface area (Å²) in [5.41, 5.74) is 9.32. The fraction of sp³-hybridized carbons (Fsp3) is 0.314. The normalized spacial score (nSPS) is 13.5. The summed E-state index contributed by atoms with van der Waals surface area (Å²) in [5.74, 6) is 1.52. The Morgan fingerprint density at radius 3 is 0.744 bits per heavy atom. The van der Waals surface area contributed by atoms with Crippen molar-refractivity contribution >= 4 is 35.5 Å². The van der Waals surface area contributed by atoms with Gasteiger partial charge in [-0.15, -0.1) is 0 Å². The van der Waals surface area contributed by atoms with E-state index in [1.807, 2.05) is 121 Å². The molecule has 9 rings (SSSR count). The molecule has 0 saturated heterocycles. The highest BCUT2D eigenvalue weighted by molar-refractivity contribution is 7.79. The summed E-state index contributed by atoms with van der Waals surface area (Å²) in [6.45, 7) is 26.4. The van der Waals surface area contributed by atoms with Crippen LogP contribution in [0.25, 0.3) is 0 Å². The lowest BCUT2D eigenvalue weighted by atomic mass is 9.79. The lowest BCUT2D eigenvalue weighted by molar-refractivity contribution is 0.367. The highest BCUT2D eigenvalue weighted by Crippen LogP contribution is 2.49. The number of hydrogen-bond donors (Lipinski definition) is 2. The smallest absolute Gasteiger partial charge is 0.178 e. The van der Waals surface area contributed by atoms with Crippen LogP contribution in [0.3, 0.4) is 0 Å². The quantitative estimate of drug-likeness (QED) is 0.133. The van der Waals surface area contributed by atoms with Crippen molar-refractivity contribution in [2.45, 2.75) is 130 Å². The summed E-state index contributed by atoms with van der Waals surface area (Å²) in [6, 6.07) is 55.8. The van der Waals surface area contributed by atoms with E-state index in [1.165, 1.54) is 0 Å². The second kappa shape index (κ2) is 21.6. The van der Waals surface area contributed by atoms with Crippen LogP contribution in [0.5, 0.6) is 23.0 Å². The third-order valence-electron chi connectivity index (χ3n) is 15.5. The van der Waals surface area contributed by atoms with Gasteiger partial charge in [0.25, 0.3) is 0 Å². The number of phenols is 2. The molecule has 2 N–H and O–H groups in total. The van der Waals surface area contributed by atoms with E-state index in [0.29, 0.717) is 63.1 Å². The van der Waals surface area contributed by atoms with Crippen molar-refractivity contribution in [3.05, 3.63) is 237 Å². The maximum Gasteiger partial charge on any atom is 0.178 e. The molecule has 0 aromatic heterocycles. The Morgan fingerprint density at radius 1 is 0.333 bits per heavy atom. The molecule has 6 nitrogen and oxygen atoms in total. The molecule has 8 aromatic carbocycles. The summed E-state index contributed by atoms with van der Waals surface area (Å²) in [7, 11) is -6.86. The zero-order chi connectivity index (χ0) is 56.0. The van der Waals surface area contributed by atoms with Gasteiger partial charge >= 0.3 is 0 Å². The van der Waals surface area contributed by atoms with Crippen LogP contribution in [-0.2, 0) is 56.5 Å². The first-order valence-corrected chi connectivity index (χ1v) is 31.2. The molecule has 8 bridgehead atoms. The average Bonchev–Trinajstić information content (AvgIpc) is 3.46. The van der Waals surface area contributed by atoms with Crippen molar-refractivity contribution in [3.63, 3.8) is 0 Å². The van der Waals surface area contributed by atoms with Crippen LogP contribution in [-0.4, -0.2) is 22.9 Å². The zero-order valence-electron chi connectivity index (χ0n) is 47.8. The van der Waals surface area contributed by atoms with Crippen LogP contribution in [0.4, 0.5) is 0 Å². The van der Waals surface area contributed by atoms with Crippen LogP contribution in [0, 0.1) is 0 Å². The predicted octanol–water partition coefficient (Wildman–Crippen LogP) is 15.7. The molecule has 78 heavy (non-hydrogen) atoms. The van der Waals surface area contributed by atoms with Crippen LogP contribution >= 0.6 is 14.3 Å². The topological polar surface area (TPSA) is 93.1 Å². The Hall–Kier alpha value is -6.58. The van der Waals surface area contributed by atoms with Gasteiger partial charge in [0.15, 0.2) is 14.3 Å². The Morgan fingerprint density at radius 2 is 0.526 bits per heavy atom. The minimum absolute atomic E-state index is 0.118. The first-order valence-electron chi connectivity index (χ1n) is 27.4. The van der Waals surface area contributed by atoms with E-state index in [4.69, 9.17) is 9.47 Å². The molecular weight excluding hydrogens is 999 g/mol. The predicted molar refractivity (Wildman–Crippen MR) is 326 cm³/mol. The Balaban J connectivity index is 1.36. The third-order valence-corrected chi connectivity index (χ3v) is 21.0. The van der Waals surface area contributed by atoms with Gasteiger partial charge < -0.3 is 28.8 Å². The summed E-state index contributed by atoms with van der Waals surface area (Å²) >= 11 is 0. The Labute approximate surface area is 464 Å². The van der Waals surface area contributed by atoms with Gasteiger partial charge in [-0.05, 0) is 88.4 Å². The Kier molecular flexibility index (Phi) is 15.5. The molecule has 0 atom stereocenters. The number of ether oxygens (including phenoxy) is 2. The maximum atomic E-state index is 16.0. The molecule has 8 aromatic rings. The molecule has 1 aliphatic rings. The monoisotopic (exact) mass is 1080 g/mol. The van der Waals surface area contributed by atoms with Crippen molar-refractivity contribution in [3.8, 4) is 23.0 Å². The molecule has 0 unspecified atom stereocenters. The van der Waals surface area contributed by atoms with Gasteiger partial charge in [-0.1, -0.05) is 253 Å². The second-order valence-corrected chi connectivity index (χ2v) is 31.1. The molecule has 404 valence electrons. The number of hydrogen-bond acceptors (Lipinski definition) is 6. The minimum atomic E-state index is -3.43. The summed E-state index contributed by atoms with van der Waals surface area (Å²) < 4.78 is 46.6. The lowest BCUT2D eigenvalue weighted by Gasteiger charge is -2.29. The van der Waals surface area contributed by atoms with Gasteiger partial charge in [-0.3, -0.25) is 0 Å². The van der Waals surface area contributed by atoms with E-state index >= 15 is 9.13 Å². The molecule has 0 saturated carbocycles. The van der Waals surface area contributed by atoms with E-state index in [0.717, 1.165) is 55.6 Å². The third kappa shape index (κ3) is 11.9. The highest BCUT2D eigenvalue weighted by Gasteiger charge is 2.34. The molecule has 0 heterocycles. The second-order valence-electron chi connectivity index (χ2n) is 25.6. The van der Waals surface area contributed by atoms with E-state index in [2.05, 4.69) is 132 Å². The van der Waals surface area contributed by atoms with Crippen molar-refractivity contribution in [2.75, 3.05) is 12.7 Å². The molecule has 0 radical (unpaired) electrons. The van der Waals surface area contributed by atoms with Gasteiger partial charge in [0.2, 0.25) is 0 Å². The fourth-order valence-electron chi connectivity index (χ4n) is 10.6. The van der Waals surface area contributed by atoms with Crippen molar-refractivity contribution in [2.24, 2.45) is 0 Å². The lowest BCUT2D eigenvalue weighted by Crippen LogP contribution is -2.22. The number of benzene rings is 8. The van der Waals surface area contributed by atoms with Gasteiger partial charge in [-0.2, -0.15) is 0 Å². The molecular formula is C70H78O6P2. The maximum absolute atomic E-state index is 16.0. The minimum Gasteiger partial charge on any atom is -0.507 e. The van der Waals surface area contributed by atoms with Crippen LogP contribution in [0.2, 0.25) is 0 Å². The number of rotatable bonds is 10. The largest absolute Gasteiger partial charge is 0.507 e. The summed E-state index contributed by atoms with van der Waals surface area (Å²) in [6.07, 6.45) is 0.944. The zero-order valence-corrected chi connectivity index (χ0v) is 49.6. The van der Waals surface area contributed by atoms with Crippen molar-refractivity contribution in [1.82, 2.24) is 0 Å². The summed E-state index contributed by atoms with van der Waals surface area (Å²) in [4.78, 5) is 0. The van der Waals surface area contributed by atoms with E-state index < -0.39 is 14.3 Å². The van der Waals surface area contributed by atoms with Crippen LogP contribution < -0.4 is 30.7 Å². The number of phenolic OH excluding ortho intramolecular Hbond substituents is 2. The van der Waals surface area contributed by atoms with Crippen molar-refractivity contribution in [1.29, 1.82) is 0 Å². The van der Waals surface area contributed by atoms with Gasteiger partial charge in [0.05, 0.1) is 0 Å². The van der Waals surface area contributed by atoms with E-state index in [1.54, 1.807) is 0 Å². The standard InChI is InChI=1S/C70H78O6P2/c1-67(2,3)55-37-47-33-48-38-56(68(4,5)6)40-50(64(48)72)35-52-42-58(70(10,11)12)44-54(66(52)76-46-78(74,61-29-21-15-22-30-61)62-31-23-16-24-32-62)36-53-43-57(69(7,8)9)41-51(34-49(39-55)63(47)71)65(53)75-45-77(73,59-25-17-13-18-26-59)60-27-19-14-20-28-60/h13-32,37-44,71-72H,33-36,45-46H2,1-12H3. The molecule has 0 amide bonds. The average molecular weight is 1080 g/mol. The fourth-order valence-corrected chi connectivity index (χ4v) is 15.0. The van der Waals surface area contributed by atoms with Crippen LogP contribution in [0.15, 0.2) is 170 Å². The molecule has 8 heteroatoms. The van der Waals surface area contributed by atoms with Gasteiger partial charge in [-0.25, -0.2) is 0 Å². The number of aromatic hydroxyl groups is 2. The Bertz CT molecular complexity index is 3240.